The largest absolute Gasteiger partial charge is 0.479 e. The van der Waals surface area contributed by atoms with E-state index in [9.17, 15) is 9.90 Å². The molecule has 3 N–H and O–H groups in total. The molecule has 0 bridgehead atoms. The molecule has 112 valence electrons. The maximum Gasteiger partial charge on any atom is 0.350 e. The summed E-state index contributed by atoms with van der Waals surface area (Å²) in [5.74, 6) is -0.431. The molecule has 0 radical (unpaired) electrons. The highest BCUT2D eigenvalue weighted by atomic mass is 16.5. The average molecular weight is 290 g/mol. The number of fused-ring (bicyclic) bond motifs is 2. The van der Waals surface area contributed by atoms with Crippen molar-refractivity contribution in [1.82, 2.24) is 14.8 Å². The number of pyridine rings is 1. The van der Waals surface area contributed by atoms with Crippen LogP contribution in [-0.2, 0) is 6.54 Å². The molecule has 3 aromatic heterocycles. The third-order valence-electron chi connectivity index (χ3n) is 3.58. The lowest BCUT2D eigenvalue weighted by Gasteiger charge is -2.08. The molecular formula is C14H18N4O3. The first-order valence-electron chi connectivity index (χ1n) is 7.14. The van der Waals surface area contributed by atoms with Gasteiger partial charge in [0.1, 0.15) is 5.39 Å². The minimum Gasteiger partial charge on any atom is -0.479 e. The van der Waals surface area contributed by atoms with Gasteiger partial charge >= 0.3 is 11.6 Å². The van der Waals surface area contributed by atoms with Gasteiger partial charge in [-0.15, -0.1) is 0 Å². The zero-order valence-corrected chi connectivity index (χ0v) is 12.1. The molecule has 7 nitrogen and oxygen atoms in total. The molecule has 0 amide bonds. The highest BCUT2D eigenvalue weighted by Crippen LogP contribution is 2.33. The van der Waals surface area contributed by atoms with Crippen LogP contribution in [0.3, 0.4) is 0 Å². The van der Waals surface area contributed by atoms with Gasteiger partial charge in [0.2, 0.25) is 0 Å². The Bertz CT molecular complexity index is 843. The summed E-state index contributed by atoms with van der Waals surface area (Å²) in [5, 5.41) is 17.3. The molecule has 0 aliphatic carbocycles. The van der Waals surface area contributed by atoms with Crippen molar-refractivity contribution in [3.63, 3.8) is 0 Å². The van der Waals surface area contributed by atoms with Gasteiger partial charge in [0.25, 0.3) is 0 Å². The van der Waals surface area contributed by atoms with E-state index in [4.69, 9.17) is 4.42 Å². The Labute approximate surface area is 120 Å². The summed E-state index contributed by atoms with van der Waals surface area (Å²) in [5.41, 5.74) is 0.981. The van der Waals surface area contributed by atoms with Crippen LogP contribution in [0.1, 0.15) is 26.7 Å². The lowest BCUT2D eigenvalue weighted by atomic mass is 10.2. The molecule has 0 aliphatic heterocycles. The molecule has 0 saturated heterocycles. The molecule has 0 saturated carbocycles. The molecule has 0 aromatic carbocycles. The van der Waals surface area contributed by atoms with E-state index >= 15 is 0 Å². The van der Waals surface area contributed by atoms with E-state index in [1.54, 1.807) is 0 Å². The second kappa shape index (κ2) is 5.16. The molecule has 0 atom stereocenters. The van der Waals surface area contributed by atoms with Gasteiger partial charge in [0, 0.05) is 19.3 Å². The van der Waals surface area contributed by atoms with Gasteiger partial charge in [-0.25, -0.2) is 9.78 Å². The third-order valence-corrected chi connectivity index (χ3v) is 3.58. The maximum absolute atomic E-state index is 11.9. The fraction of sp³-hybridized carbons (Fsp3) is 0.429. The summed E-state index contributed by atoms with van der Waals surface area (Å²) in [6.07, 6.45) is 3.85. The number of hydrogen-bond acceptors (Lipinski definition) is 5. The van der Waals surface area contributed by atoms with E-state index in [-0.39, 0.29) is 5.52 Å². The molecule has 0 fully saturated rings. The number of hydrogen-bond donors (Lipinski definition) is 3. The van der Waals surface area contributed by atoms with Crippen molar-refractivity contribution >= 4 is 27.6 Å². The van der Waals surface area contributed by atoms with Crippen LogP contribution in [-0.4, -0.2) is 26.4 Å². The quantitative estimate of drug-likeness (QED) is 0.627. The van der Waals surface area contributed by atoms with E-state index in [0.29, 0.717) is 23.3 Å². The smallest absolute Gasteiger partial charge is 0.350 e. The Balaban J connectivity index is 2.30. The van der Waals surface area contributed by atoms with Gasteiger partial charge in [0.15, 0.2) is 11.2 Å². The standard InChI is InChI=1S/C14H18N4O3/c1-3-5-6-15-10-8-7-16-18(4-2)12(8)17-11-9(10)13(19)21-14(11)20/h7,15-16,20H,3-6H2,1-2H3. The minimum absolute atomic E-state index is 0.202. The van der Waals surface area contributed by atoms with E-state index in [0.717, 1.165) is 24.8 Å². The van der Waals surface area contributed by atoms with Crippen molar-refractivity contribution in [3.05, 3.63) is 16.6 Å². The van der Waals surface area contributed by atoms with Crippen LogP contribution in [0.25, 0.3) is 21.9 Å². The van der Waals surface area contributed by atoms with Gasteiger partial charge < -0.3 is 19.9 Å². The van der Waals surface area contributed by atoms with Gasteiger partial charge in [0.05, 0.1) is 11.1 Å². The third kappa shape index (κ3) is 2.05. The van der Waals surface area contributed by atoms with E-state index in [1.165, 1.54) is 0 Å². The first-order chi connectivity index (χ1) is 10.2. The Morgan fingerprint density at radius 2 is 2.29 bits per heavy atom. The van der Waals surface area contributed by atoms with Crippen molar-refractivity contribution in [1.29, 1.82) is 0 Å². The van der Waals surface area contributed by atoms with Crippen molar-refractivity contribution in [3.8, 4) is 5.95 Å². The molecule has 0 spiro atoms. The number of aromatic amines is 1. The van der Waals surface area contributed by atoms with Gasteiger partial charge in [-0.05, 0) is 13.3 Å². The maximum atomic E-state index is 11.9. The van der Waals surface area contributed by atoms with Crippen molar-refractivity contribution < 1.29 is 9.52 Å². The summed E-state index contributed by atoms with van der Waals surface area (Å²) in [4.78, 5) is 16.3. The number of aryl methyl sites for hydroxylation is 1. The van der Waals surface area contributed by atoms with Crippen LogP contribution in [0, 0.1) is 0 Å². The number of rotatable bonds is 5. The molecule has 3 aromatic rings. The predicted octanol–water partition coefficient (Wildman–Crippen LogP) is 2.41. The monoisotopic (exact) mass is 290 g/mol. The van der Waals surface area contributed by atoms with Crippen LogP contribution < -0.4 is 10.9 Å². The Morgan fingerprint density at radius 3 is 3.00 bits per heavy atom. The molecule has 0 unspecified atom stereocenters. The lowest BCUT2D eigenvalue weighted by molar-refractivity contribution is 0.325. The SMILES string of the molecule is CCCCNc1c2c[nH]n(CC)c2nc2c(O)oc(=O)c12. The molecule has 3 heterocycles. The highest BCUT2D eigenvalue weighted by Gasteiger charge is 2.20. The Hall–Kier alpha value is -2.44. The van der Waals surface area contributed by atoms with Gasteiger partial charge in [-0.2, -0.15) is 0 Å². The van der Waals surface area contributed by atoms with Crippen molar-refractivity contribution in [2.75, 3.05) is 11.9 Å². The Morgan fingerprint density at radius 1 is 1.48 bits per heavy atom. The first kappa shape index (κ1) is 13.5. The summed E-state index contributed by atoms with van der Waals surface area (Å²) in [7, 11) is 0. The number of aromatic nitrogens is 3. The molecule has 21 heavy (non-hydrogen) atoms. The van der Waals surface area contributed by atoms with Crippen LogP contribution in [0.2, 0.25) is 0 Å². The van der Waals surface area contributed by atoms with Crippen LogP contribution in [0.15, 0.2) is 15.4 Å². The van der Waals surface area contributed by atoms with E-state index < -0.39 is 11.6 Å². The fourth-order valence-corrected chi connectivity index (χ4v) is 2.49. The number of unbranched alkanes of at least 4 members (excludes halogenated alkanes) is 1. The zero-order chi connectivity index (χ0) is 15.0. The zero-order valence-electron chi connectivity index (χ0n) is 12.1. The summed E-state index contributed by atoms with van der Waals surface area (Å²) in [6, 6.07) is 0. The summed E-state index contributed by atoms with van der Waals surface area (Å²) in [6.45, 7) is 5.54. The summed E-state index contributed by atoms with van der Waals surface area (Å²) < 4.78 is 6.65. The van der Waals surface area contributed by atoms with Crippen molar-refractivity contribution in [2.24, 2.45) is 0 Å². The first-order valence-corrected chi connectivity index (χ1v) is 7.14. The van der Waals surface area contributed by atoms with Crippen molar-refractivity contribution in [2.45, 2.75) is 33.2 Å². The molecule has 0 aliphatic rings. The number of furan rings is 1. The topological polar surface area (TPSA) is 96.1 Å². The fourth-order valence-electron chi connectivity index (χ4n) is 2.49. The van der Waals surface area contributed by atoms with E-state index in [2.05, 4.69) is 22.3 Å². The average Bonchev–Trinajstić information content (AvgIpc) is 3.00. The number of aromatic hydroxyl groups is 1. The number of nitrogens with one attached hydrogen (secondary N) is 2. The van der Waals surface area contributed by atoms with Crippen LogP contribution in [0.4, 0.5) is 5.69 Å². The number of H-pyrrole nitrogens is 1. The normalized spacial score (nSPS) is 11.5. The second-order valence-corrected chi connectivity index (χ2v) is 4.94. The predicted molar refractivity (Wildman–Crippen MR) is 80.9 cm³/mol. The molecule has 7 heteroatoms. The molecular weight excluding hydrogens is 272 g/mol. The lowest BCUT2D eigenvalue weighted by Crippen LogP contribution is -2.06. The Kier molecular flexibility index (Phi) is 3.32. The highest BCUT2D eigenvalue weighted by molar-refractivity contribution is 6.07. The second-order valence-electron chi connectivity index (χ2n) is 4.94. The van der Waals surface area contributed by atoms with Crippen LogP contribution >= 0.6 is 0 Å². The molecule has 3 rings (SSSR count). The minimum atomic E-state index is -0.569. The summed E-state index contributed by atoms with van der Waals surface area (Å²) >= 11 is 0. The number of anilines is 1. The van der Waals surface area contributed by atoms with Gasteiger partial charge in [-0.1, -0.05) is 13.3 Å². The van der Waals surface area contributed by atoms with Crippen LogP contribution in [0.5, 0.6) is 5.95 Å². The van der Waals surface area contributed by atoms with E-state index in [1.807, 2.05) is 17.8 Å². The van der Waals surface area contributed by atoms with Gasteiger partial charge in [-0.3, -0.25) is 4.68 Å². The number of nitrogens with zero attached hydrogens (tertiary/aromatic N) is 2.